The number of carbonyl (C=O) groups is 1. The van der Waals surface area contributed by atoms with E-state index in [9.17, 15) is 4.79 Å². The predicted octanol–water partition coefficient (Wildman–Crippen LogP) is 1.39. The molecule has 0 saturated carbocycles. The Bertz CT molecular complexity index is 521. The normalized spacial score (nSPS) is 21.3. The lowest BCUT2D eigenvalue weighted by Crippen LogP contribution is -2.36. The van der Waals surface area contributed by atoms with Crippen LogP contribution < -0.4 is 14.8 Å². The molecular weight excluding hydrogens is 268 g/mol. The quantitative estimate of drug-likeness (QED) is 0.910. The minimum absolute atomic E-state index is 0.103. The first-order valence-corrected chi connectivity index (χ1v) is 6.59. The van der Waals surface area contributed by atoms with Crippen LogP contribution in [0.4, 0.5) is 0 Å². The maximum atomic E-state index is 11.8. The molecule has 6 heteroatoms. The molecule has 2 aliphatic rings. The molecule has 3 rings (SSSR count). The molecule has 19 heavy (non-hydrogen) atoms. The molecule has 1 unspecified atom stereocenters. The molecule has 2 aliphatic heterocycles. The largest absolute Gasteiger partial charge is 0.454 e. The summed E-state index contributed by atoms with van der Waals surface area (Å²) in [7, 11) is 1.82. The summed E-state index contributed by atoms with van der Waals surface area (Å²) in [5, 5.41) is 3.79. The van der Waals surface area contributed by atoms with Crippen LogP contribution in [0.3, 0.4) is 0 Å². The molecule has 0 bridgehead atoms. The Kier molecular flexibility index (Phi) is 3.24. The van der Waals surface area contributed by atoms with Crippen molar-refractivity contribution in [1.82, 2.24) is 10.2 Å². The van der Waals surface area contributed by atoms with Crippen LogP contribution in [0.1, 0.15) is 12.0 Å². The van der Waals surface area contributed by atoms with Crippen LogP contribution in [-0.4, -0.2) is 37.2 Å². The molecular formula is C13H15ClN2O3. The molecule has 0 radical (unpaired) electrons. The predicted molar refractivity (Wildman–Crippen MR) is 70.5 cm³/mol. The molecule has 1 N–H and O–H groups in total. The summed E-state index contributed by atoms with van der Waals surface area (Å²) in [4.78, 5) is 13.5. The van der Waals surface area contributed by atoms with Gasteiger partial charge in [0.2, 0.25) is 12.7 Å². The Balaban J connectivity index is 1.68. The van der Waals surface area contributed by atoms with E-state index in [2.05, 4.69) is 5.32 Å². The van der Waals surface area contributed by atoms with E-state index in [1.807, 2.05) is 19.2 Å². The van der Waals surface area contributed by atoms with Gasteiger partial charge in [0.1, 0.15) is 0 Å². The van der Waals surface area contributed by atoms with Gasteiger partial charge in [-0.25, -0.2) is 0 Å². The van der Waals surface area contributed by atoms with Crippen LogP contribution >= 0.6 is 11.6 Å². The molecule has 0 aliphatic carbocycles. The van der Waals surface area contributed by atoms with Crippen LogP contribution in [-0.2, 0) is 11.3 Å². The molecule has 102 valence electrons. The summed E-state index contributed by atoms with van der Waals surface area (Å²) >= 11 is 6.11. The van der Waals surface area contributed by atoms with Gasteiger partial charge in [0.25, 0.3) is 0 Å². The van der Waals surface area contributed by atoms with Crippen molar-refractivity contribution in [2.45, 2.75) is 19.0 Å². The minimum atomic E-state index is -0.103. The van der Waals surface area contributed by atoms with Crippen molar-refractivity contribution < 1.29 is 14.3 Å². The van der Waals surface area contributed by atoms with Crippen molar-refractivity contribution >= 4 is 17.5 Å². The third-order valence-corrected chi connectivity index (χ3v) is 3.75. The average Bonchev–Trinajstić information content (AvgIpc) is 2.97. The summed E-state index contributed by atoms with van der Waals surface area (Å²) in [5.74, 6) is 1.41. The van der Waals surface area contributed by atoms with Gasteiger partial charge in [-0.3, -0.25) is 4.79 Å². The first-order valence-electron chi connectivity index (χ1n) is 6.21. The zero-order valence-electron chi connectivity index (χ0n) is 10.6. The number of nitrogens with one attached hydrogen (secondary N) is 1. The molecule has 1 fully saturated rings. The Morgan fingerprint density at radius 1 is 1.47 bits per heavy atom. The first-order chi connectivity index (χ1) is 9.15. The minimum Gasteiger partial charge on any atom is -0.454 e. The van der Waals surface area contributed by atoms with Gasteiger partial charge in [-0.05, 0) is 24.1 Å². The average molecular weight is 283 g/mol. The van der Waals surface area contributed by atoms with E-state index < -0.39 is 0 Å². The van der Waals surface area contributed by atoms with Crippen LogP contribution in [0, 0.1) is 0 Å². The summed E-state index contributed by atoms with van der Waals surface area (Å²) < 4.78 is 10.6. The summed E-state index contributed by atoms with van der Waals surface area (Å²) in [6.07, 6.45) is 0.841. The van der Waals surface area contributed by atoms with Gasteiger partial charge in [-0.2, -0.15) is 0 Å². The van der Waals surface area contributed by atoms with Crippen LogP contribution in [0.2, 0.25) is 5.02 Å². The highest BCUT2D eigenvalue weighted by molar-refractivity contribution is 6.32. The summed E-state index contributed by atoms with van der Waals surface area (Å²) in [5.41, 5.74) is 0.983. The summed E-state index contributed by atoms with van der Waals surface area (Å²) in [6, 6.07) is 3.63. The van der Waals surface area contributed by atoms with E-state index in [1.165, 1.54) is 0 Å². The Morgan fingerprint density at radius 2 is 2.32 bits per heavy atom. The van der Waals surface area contributed by atoms with Gasteiger partial charge in [-0.1, -0.05) is 11.6 Å². The topological polar surface area (TPSA) is 50.8 Å². The second kappa shape index (κ2) is 4.90. The molecule has 1 atom stereocenters. The number of hydrogen-bond acceptors (Lipinski definition) is 4. The van der Waals surface area contributed by atoms with E-state index in [0.717, 1.165) is 18.5 Å². The summed E-state index contributed by atoms with van der Waals surface area (Å²) in [6.45, 7) is 1.59. The number of benzene rings is 1. The zero-order valence-corrected chi connectivity index (χ0v) is 11.4. The second-order valence-corrected chi connectivity index (χ2v) is 5.20. The van der Waals surface area contributed by atoms with Gasteiger partial charge < -0.3 is 19.7 Å². The van der Waals surface area contributed by atoms with Gasteiger partial charge in [0.05, 0.1) is 11.1 Å². The van der Waals surface area contributed by atoms with Gasteiger partial charge in [-0.15, -0.1) is 0 Å². The highest BCUT2D eigenvalue weighted by Gasteiger charge is 2.28. The van der Waals surface area contributed by atoms with Crippen LogP contribution in [0.25, 0.3) is 0 Å². The Morgan fingerprint density at radius 3 is 3.05 bits per heavy atom. The number of likely N-dealkylation sites (N-methyl/N-ethyl adjacent to an activating group) is 1. The van der Waals surface area contributed by atoms with E-state index >= 15 is 0 Å². The maximum absolute atomic E-state index is 11.8. The van der Waals surface area contributed by atoms with E-state index in [0.29, 0.717) is 23.1 Å². The van der Waals surface area contributed by atoms with Crippen LogP contribution in [0.15, 0.2) is 12.1 Å². The molecule has 1 aromatic rings. The van der Waals surface area contributed by atoms with Gasteiger partial charge in [0, 0.05) is 20.1 Å². The number of nitrogens with zero attached hydrogens (tertiary/aromatic N) is 1. The number of likely N-dealkylation sites (tertiary alicyclic amines) is 1. The number of carbonyl (C=O) groups excluding carboxylic acids is 1. The number of fused-ring (bicyclic) bond motifs is 1. The van der Waals surface area contributed by atoms with Crippen LogP contribution in [0.5, 0.6) is 11.5 Å². The lowest BCUT2D eigenvalue weighted by atomic mass is 10.1. The molecule has 0 aromatic heterocycles. The highest BCUT2D eigenvalue weighted by atomic mass is 35.5. The molecule has 2 heterocycles. The zero-order chi connectivity index (χ0) is 13.4. The lowest BCUT2D eigenvalue weighted by Gasteiger charge is -2.12. The van der Waals surface area contributed by atoms with E-state index in [-0.39, 0.29) is 18.7 Å². The van der Waals surface area contributed by atoms with E-state index in [1.54, 1.807) is 4.90 Å². The molecule has 5 nitrogen and oxygen atoms in total. The van der Waals surface area contributed by atoms with Gasteiger partial charge in [0.15, 0.2) is 11.5 Å². The second-order valence-electron chi connectivity index (χ2n) is 4.79. The third kappa shape index (κ3) is 2.35. The Hall–Kier alpha value is -1.46. The third-order valence-electron chi connectivity index (χ3n) is 3.47. The smallest absolute Gasteiger partial charge is 0.239 e. The number of halogens is 1. The molecule has 1 saturated heterocycles. The number of ether oxygens (including phenoxy) is 2. The van der Waals surface area contributed by atoms with Crippen molar-refractivity contribution in [3.05, 3.63) is 22.7 Å². The Labute approximate surface area is 116 Å². The van der Waals surface area contributed by atoms with Crippen molar-refractivity contribution in [3.8, 4) is 11.5 Å². The fraction of sp³-hybridized carbons (Fsp3) is 0.462. The van der Waals surface area contributed by atoms with Crippen molar-refractivity contribution in [1.29, 1.82) is 0 Å². The number of amides is 1. The molecule has 1 aromatic carbocycles. The first kappa shape index (κ1) is 12.6. The highest BCUT2D eigenvalue weighted by Crippen LogP contribution is 2.39. The molecule has 1 amide bonds. The van der Waals surface area contributed by atoms with Crippen molar-refractivity contribution in [2.75, 3.05) is 20.4 Å². The maximum Gasteiger partial charge on any atom is 0.239 e. The fourth-order valence-corrected chi connectivity index (χ4v) is 2.66. The van der Waals surface area contributed by atoms with Crippen molar-refractivity contribution in [2.24, 2.45) is 0 Å². The van der Waals surface area contributed by atoms with E-state index in [4.69, 9.17) is 21.1 Å². The molecule has 0 spiro atoms. The SMILES string of the molecule is CN1CCC(NCc2cc(Cl)c3c(c2)OCO3)C1=O. The lowest BCUT2D eigenvalue weighted by molar-refractivity contribution is -0.128. The number of hydrogen-bond donors (Lipinski definition) is 1. The van der Waals surface area contributed by atoms with Gasteiger partial charge >= 0.3 is 0 Å². The number of rotatable bonds is 3. The standard InChI is InChI=1S/C13H15ClN2O3/c1-16-3-2-10(13(16)17)15-6-8-4-9(14)12-11(5-8)18-7-19-12/h4-5,10,15H,2-3,6-7H2,1H3. The monoisotopic (exact) mass is 282 g/mol. The fourth-order valence-electron chi connectivity index (χ4n) is 2.38. The van der Waals surface area contributed by atoms with Crippen molar-refractivity contribution in [3.63, 3.8) is 0 Å².